The quantitative estimate of drug-likeness (QED) is 0.826. The lowest BCUT2D eigenvalue weighted by Gasteiger charge is -2.10. The number of halogens is 2. The average molecular weight is 352 g/mol. The maximum Gasteiger partial charge on any atom is 0.262 e. The minimum atomic E-state index is -0.609. The number of amides is 1. The predicted octanol–water partition coefficient (Wildman–Crippen LogP) is 4.02. The first kappa shape index (κ1) is 15.5. The lowest BCUT2D eigenvalue weighted by molar-refractivity contribution is 0.102. The molecule has 0 atom stereocenters. The molecular weight excluding hydrogens is 337 g/mol. The van der Waals surface area contributed by atoms with Crippen LogP contribution in [0, 0.1) is 5.82 Å². The molecule has 1 N–H and O–H groups in total. The third kappa shape index (κ3) is 3.82. The summed E-state index contributed by atoms with van der Waals surface area (Å²) in [5, 5.41) is 3.55. The predicted molar refractivity (Wildman–Crippen MR) is 84.8 cm³/mol. The van der Waals surface area contributed by atoms with Gasteiger partial charge in [0.25, 0.3) is 5.91 Å². The van der Waals surface area contributed by atoms with Crippen molar-refractivity contribution in [3.63, 3.8) is 0 Å². The van der Waals surface area contributed by atoms with Gasteiger partial charge >= 0.3 is 0 Å². The van der Waals surface area contributed by atoms with Crippen LogP contribution < -0.4 is 10.1 Å². The van der Waals surface area contributed by atoms with Crippen LogP contribution in [-0.2, 0) is 6.42 Å². The Morgan fingerprint density at radius 1 is 1.24 bits per heavy atom. The number of hydrogen-bond acceptors (Lipinski definition) is 2. The summed E-state index contributed by atoms with van der Waals surface area (Å²) in [6.07, 6.45) is 0.912. The van der Waals surface area contributed by atoms with Gasteiger partial charge in [0.05, 0.1) is 7.11 Å². The van der Waals surface area contributed by atoms with E-state index >= 15 is 0 Å². The zero-order valence-corrected chi connectivity index (χ0v) is 13.1. The standard InChI is InChI=1S/C16H15BrFNO2/c1-21-14-4-2-3-13(18)15(14)16(20)19-12-7-5-11(6-8-12)9-10-17/h2-8H,9-10H2,1H3,(H,19,20). The van der Waals surface area contributed by atoms with Crippen molar-refractivity contribution in [3.8, 4) is 5.75 Å². The number of methoxy groups -OCH3 is 1. The smallest absolute Gasteiger partial charge is 0.262 e. The molecule has 0 bridgehead atoms. The molecule has 0 aliphatic carbocycles. The lowest BCUT2D eigenvalue weighted by atomic mass is 10.1. The minimum absolute atomic E-state index is 0.0930. The Balaban J connectivity index is 2.18. The van der Waals surface area contributed by atoms with E-state index in [1.54, 1.807) is 18.2 Å². The van der Waals surface area contributed by atoms with E-state index in [9.17, 15) is 9.18 Å². The number of benzene rings is 2. The summed E-state index contributed by atoms with van der Waals surface area (Å²) in [5.41, 5.74) is 1.68. The summed E-state index contributed by atoms with van der Waals surface area (Å²) in [6, 6.07) is 11.7. The van der Waals surface area contributed by atoms with Crippen molar-refractivity contribution < 1.29 is 13.9 Å². The van der Waals surface area contributed by atoms with Crippen LogP contribution in [0.5, 0.6) is 5.75 Å². The summed E-state index contributed by atoms with van der Waals surface area (Å²) >= 11 is 3.37. The van der Waals surface area contributed by atoms with Gasteiger partial charge in [0.2, 0.25) is 0 Å². The fourth-order valence-electron chi connectivity index (χ4n) is 1.95. The van der Waals surface area contributed by atoms with E-state index in [2.05, 4.69) is 21.2 Å². The highest BCUT2D eigenvalue weighted by Gasteiger charge is 2.17. The number of carbonyl (C=O) groups excluding carboxylic acids is 1. The second-order valence-electron chi connectivity index (χ2n) is 4.41. The van der Waals surface area contributed by atoms with Gasteiger partial charge in [-0.3, -0.25) is 4.79 Å². The molecule has 0 aliphatic rings. The molecule has 0 spiro atoms. The van der Waals surface area contributed by atoms with Crippen LogP contribution in [0.25, 0.3) is 0 Å². The highest BCUT2D eigenvalue weighted by Crippen LogP contribution is 2.22. The number of carbonyl (C=O) groups is 1. The summed E-state index contributed by atoms with van der Waals surface area (Å²) in [5.74, 6) is -0.927. The second kappa shape index (κ2) is 7.22. The summed E-state index contributed by atoms with van der Waals surface area (Å²) in [4.78, 5) is 12.2. The first-order chi connectivity index (χ1) is 10.2. The largest absolute Gasteiger partial charge is 0.496 e. The molecule has 0 fully saturated rings. The van der Waals surface area contributed by atoms with Gasteiger partial charge in [0.1, 0.15) is 17.1 Å². The zero-order valence-electron chi connectivity index (χ0n) is 11.5. The van der Waals surface area contributed by atoms with E-state index in [-0.39, 0.29) is 11.3 Å². The highest BCUT2D eigenvalue weighted by atomic mass is 79.9. The molecule has 0 saturated carbocycles. The summed E-state index contributed by atoms with van der Waals surface area (Å²) < 4.78 is 18.8. The number of anilines is 1. The Kier molecular flexibility index (Phi) is 5.33. The molecule has 2 aromatic rings. The molecule has 21 heavy (non-hydrogen) atoms. The molecule has 2 aromatic carbocycles. The van der Waals surface area contributed by atoms with Gasteiger partial charge in [0.15, 0.2) is 0 Å². The topological polar surface area (TPSA) is 38.3 Å². The van der Waals surface area contributed by atoms with Crippen LogP contribution in [-0.4, -0.2) is 18.3 Å². The van der Waals surface area contributed by atoms with Crippen LogP contribution in [0.3, 0.4) is 0 Å². The van der Waals surface area contributed by atoms with Crippen LogP contribution in [0.2, 0.25) is 0 Å². The number of aryl methyl sites for hydroxylation is 1. The van der Waals surface area contributed by atoms with Gasteiger partial charge in [-0.2, -0.15) is 0 Å². The first-order valence-electron chi connectivity index (χ1n) is 6.44. The normalized spacial score (nSPS) is 10.2. The number of hydrogen-bond donors (Lipinski definition) is 1. The average Bonchev–Trinajstić information content (AvgIpc) is 2.49. The van der Waals surface area contributed by atoms with Crippen LogP contribution in [0.4, 0.5) is 10.1 Å². The molecule has 3 nitrogen and oxygen atoms in total. The van der Waals surface area contributed by atoms with E-state index in [4.69, 9.17) is 4.74 Å². The van der Waals surface area contributed by atoms with E-state index in [1.807, 2.05) is 12.1 Å². The van der Waals surface area contributed by atoms with E-state index < -0.39 is 11.7 Å². The Labute approximate surface area is 131 Å². The van der Waals surface area contributed by atoms with Gasteiger partial charge in [-0.15, -0.1) is 0 Å². The van der Waals surface area contributed by atoms with Crippen molar-refractivity contribution in [1.29, 1.82) is 0 Å². The Bertz CT molecular complexity index is 629. The maximum absolute atomic E-state index is 13.8. The minimum Gasteiger partial charge on any atom is -0.496 e. The van der Waals surface area contributed by atoms with Crippen molar-refractivity contribution in [1.82, 2.24) is 0 Å². The lowest BCUT2D eigenvalue weighted by Crippen LogP contribution is -2.15. The number of alkyl halides is 1. The van der Waals surface area contributed by atoms with Gasteiger partial charge in [-0.25, -0.2) is 4.39 Å². The number of rotatable bonds is 5. The monoisotopic (exact) mass is 351 g/mol. The van der Waals surface area contributed by atoms with Gasteiger partial charge in [-0.1, -0.05) is 34.1 Å². The molecule has 0 heterocycles. The second-order valence-corrected chi connectivity index (χ2v) is 5.20. The first-order valence-corrected chi connectivity index (χ1v) is 7.56. The van der Waals surface area contributed by atoms with Crippen LogP contribution in [0.15, 0.2) is 42.5 Å². The molecule has 1 amide bonds. The fourth-order valence-corrected chi connectivity index (χ4v) is 2.41. The maximum atomic E-state index is 13.8. The number of ether oxygens (including phenoxy) is 1. The van der Waals surface area contributed by atoms with Crippen molar-refractivity contribution in [2.75, 3.05) is 17.8 Å². The fraction of sp³-hybridized carbons (Fsp3) is 0.188. The van der Waals surface area contributed by atoms with E-state index in [0.717, 1.165) is 17.3 Å². The molecule has 0 aliphatic heterocycles. The van der Waals surface area contributed by atoms with Crippen molar-refractivity contribution in [2.45, 2.75) is 6.42 Å². The Morgan fingerprint density at radius 2 is 1.95 bits per heavy atom. The van der Waals surface area contributed by atoms with E-state index in [1.165, 1.54) is 19.2 Å². The van der Waals surface area contributed by atoms with Crippen LogP contribution >= 0.6 is 15.9 Å². The van der Waals surface area contributed by atoms with Gasteiger partial charge < -0.3 is 10.1 Å². The Hall–Kier alpha value is -1.88. The highest BCUT2D eigenvalue weighted by molar-refractivity contribution is 9.09. The number of nitrogens with one attached hydrogen (secondary N) is 1. The van der Waals surface area contributed by atoms with Crippen LogP contribution in [0.1, 0.15) is 15.9 Å². The third-order valence-electron chi connectivity index (χ3n) is 3.02. The molecule has 0 aromatic heterocycles. The summed E-state index contributed by atoms with van der Waals surface area (Å²) in [6.45, 7) is 0. The summed E-state index contributed by atoms with van der Waals surface area (Å²) in [7, 11) is 1.40. The Morgan fingerprint density at radius 3 is 2.57 bits per heavy atom. The molecule has 5 heteroatoms. The third-order valence-corrected chi connectivity index (χ3v) is 3.41. The SMILES string of the molecule is COc1cccc(F)c1C(=O)Nc1ccc(CCBr)cc1. The molecule has 0 radical (unpaired) electrons. The zero-order chi connectivity index (χ0) is 15.2. The van der Waals surface area contributed by atoms with Crippen molar-refractivity contribution in [2.24, 2.45) is 0 Å². The molecular formula is C16H15BrFNO2. The molecule has 2 rings (SSSR count). The van der Waals surface area contributed by atoms with Gasteiger partial charge in [0, 0.05) is 11.0 Å². The van der Waals surface area contributed by atoms with E-state index in [0.29, 0.717) is 5.69 Å². The molecule has 0 saturated heterocycles. The van der Waals surface area contributed by atoms with Crippen molar-refractivity contribution >= 4 is 27.5 Å². The van der Waals surface area contributed by atoms with Gasteiger partial charge in [-0.05, 0) is 36.2 Å². The van der Waals surface area contributed by atoms with Crippen molar-refractivity contribution in [3.05, 3.63) is 59.4 Å². The molecule has 0 unspecified atom stereocenters. The molecule has 110 valence electrons.